The molecule has 2 nitrogen and oxygen atoms in total. The Kier molecular flexibility index (Phi) is 3.05. The van der Waals surface area contributed by atoms with Gasteiger partial charge in [-0.25, -0.2) is 4.39 Å². The summed E-state index contributed by atoms with van der Waals surface area (Å²) < 4.78 is 42.2. The highest BCUT2D eigenvalue weighted by Crippen LogP contribution is 2.55. The third-order valence-electron chi connectivity index (χ3n) is 3.66. The lowest BCUT2D eigenvalue weighted by Crippen LogP contribution is -2.45. The number of hydrogen-bond donors (Lipinski definition) is 1. The lowest BCUT2D eigenvalue weighted by atomic mass is 9.79. The van der Waals surface area contributed by atoms with Crippen molar-refractivity contribution >= 4 is 0 Å². The van der Waals surface area contributed by atoms with Crippen LogP contribution in [0.2, 0.25) is 0 Å². The molecule has 1 fully saturated rings. The summed E-state index contributed by atoms with van der Waals surface area (Å²) in [6, 6.07) is 3.85. The molecule has 0 spiro atoms. The molecule has 2 rings (SSSR count). The first kappa shape index (κ1) is 13.2. The Labute approximate surface area is 104 Å². The highest BCUT2D eigenvalue weighted by Gasteiger charge is 2.54. The molecule has 0 aromatic heterocycles. The van der Waals surface area contributed by atoms with Gasteiger partial charge >= 0.3 is 6.61 Å². The zero-order valence-corrected chi connectivity index (χ0v) is 10.3. The predicted octanol–water partition coefficient (Wildman–Crippen LogP) is 3.20. The zero-order valence-electron chi connectivity index (χ0n) is 10.3. The summed E-state index contributed by atoms with van der Waals surface area (Å²) in [6.45, 7) is 0.752. The molecule has 0 bridgehead atoms. The van der Waals surface area contributed by atoms with Gasteiger partial charge in [-0.3, -0.25) is 0 Å². The summed E-state index contributed by atoms with van der Waals surface area (Å²) in [5.41, 5.74) is 5.63. The van der Waals surface area contributed by atoms with Crippen molar-refractivity contribution in [2.45, 2.75) is 44.3 Å². The third kappa shape index (κ3) is 2.19. The number of alkyl halides is 2. The molecule has 0 heterocycles. The summed E-state index contributed by atoms with van der Waals surface area (Å²) in [5.74, 6) is -0.707. The van der Waals surface area contributed by atoms with Gasteiger partial charge in [0.05, 0.1) is 0 Å². The predicted molar refractivity (Wildman–Crippen MR) is 62.2 cm³/mol. The highest BCUT2D eigenvalue weighted by molar-refractivity contribution is 5.40. The van der Waals surface area contributed by atoms with Crippen molar-refractivity contribution in [1.82, 2.24) is 0 Å². The van der Waals surface area contributed by atoms with E-state index in [-0.39, 0.29) is 11.2 Å². The molecule has 1 aromatic rings. The van der Waals surface area contributed by atoms with E-state index in [2.05, 4.69) is 4.74 Å². The van der Waals surface area contributed by atoms with E-state index in [0.29, 0.717) is 5.56 Å². The van der Waals surface area contributed by atoms with Crippen LogP contribution >= 0.6 is 0 Å². The van der Waals surface area contributed by atoms with E-state index in [0.717, 1.165) is 18.9 Å². The third-order valence-corrected chi connectivity index (χ3v) is 3.66. The van der Waals surface area contributed by atoms with Crippen LogP contribution in [0.4, 0.5) is 13.2 Å². The topological polar surface area (TPSA) is 35.2 Å². The molecular weight excluding hydrogens is 243 g/mol. The molecule has 2 N–H and O–H groups in total. The zero-order chi connectivity index (χ0) is 13.6. The molecule has 0 amide bonds. The molecule has 1 aliphatic rings. The average Bonchev–Trinajstić information content (AvgIpc) is 2.96. The second-order valence-electron chi connectivity index (χ2n) is 5.32. The van der Waals surface area contributed by atoms with Crippen LogP contribution in [0.15, 0.2) is 18.2 Å². The van der Waals surface area contributed by atoms with Crippen LogP contribution in [0.3, 0.4) is 0 Å². The quantitative estimate of drug-likeness (QED) is 0.901. The normalized spacial score (nSPS) is 17.9. The lowest BCUT2D eigenvalue weighted by molar-refractivity contribution is -0.0500. The van der Waals surface area contributed by atoms with Gasteiger partial charge in [0.25, 0.3) is 0 Å². The average molecular weight is 259 g/mol. The fourth-order valence-electron chi connectivity index (χ4n) is 2.45. The van der Waals surface area contributed by atoms with E-state index in [1.54, 1.807) is 0 Å². The number of ether oxygens (including phenoxy) is 1. The van der Waals surface area contributed by atoms with Crippen LogP contribution in [-0.4, -0.2) is 12.2 Å². The minimum Gasteiger partial charge on any atom is -0.435 e. The van der Waals surface area contributed by atoms with Crippen molar-refractivity contribution in [3.8, 4) is 5.75 Å². The largest absolute Gasteiger partial charge is 0.435 e. The summed E-state index contributed by atoms with van der Waals surface area (Å²) in [7, 11) is 0. The Hall–Kier alpha value is -1.23. The van der Waals surface area contributed by atoms with E-state index >= 15 is 0 Å². The molecule has 0 unspecified atom stereocenters. The second kappa shape index (κ2) is 4.16. The van der Waals surface area contributed by atoms with Crippen LogP contribution < -0.4 is 10.5 Å². The summed E-state index contributed by atoms with van der Waals surface area (Å²) in [4.78, 5) is 0. The molecule has 0 radical (unpaired) electrons. The summed E-state index contributed by atoms with van der Waals surface area (Å²) in [5, 5.41) is 0. The SMILES string of the molecule is CC(C)(N)C1(c2ccc(OC(F)F)cc2F)CC1. The Morgan fingerprint density at radius 2 is 1.94 bits per heavy atom. The van der Waals surface area contributed by atoms with Gasteiger partial charge < -0.3 is 10.5 Å². The van der Waals surface area contributed by atoms with Gasteiger partial charge in [0.15, 0.2) is 0 Å². The number of hydrogen-bond acceptors (Lipinski definition) is 2. The van der Waals surface area contributed by atoms with Crippen molar-refractivity contribution in [3.05, 3.63) is 29.6 Å². The van der Waals surface area contributed by atoms with Gasteiger partial charge in [0, 0.05) is 17.0 Å². The maximum absolute atomic E-state index is 14.0. The standard InChI is InChI=1S/C13H16F3NO/c1-12(2,17)13(5-6-13)9-4-3-8(7-10(9)14)18-11(15)16/h3-4,7,11H,5-6,17H2,1-2H3. The van der Waals surface area contributed by atoms with Gasteiger partial charge in [0.1, 0.15) is 11.6 Å². The fraction of sp³-hybridized carbons (Fsp3) is 0.538. The number of benzene rings is 1. The van der Waals surface area contributed by atoms with Crippen molar-refractivity contribution < 1.29 is 17.9 Å². The minimum absolute atomic E-state index is 0.170. The Bertz CT molecular complexity index is 450. The van der Waals surface area contributed by atoms with Gasteiger partial charge in [-0.05, 0) is 38.3 Å². The van der Waals surface area contributed by atoms with Gasteiger partial charge in [-0.15, -0.1) is 0 Å². The molecular formula is C13H16F3NO. The van der Waals surface area contributed by atoms with E-state index < -0.39 is 18.0 Å². The van der Waals surface area contributed by atoms with E-state index in [1.807, 2.05) is 13.8 Å². The Morgan fingerprint density at radius 3 is 2.33 bits per heavy atom. The maximum atomic E-state index is 14.0. The van der Waals surface area contributed by atoms with Crippen molar-refractivity contribution in [2.75, 3.05) is 0 Å². The summed E-state index contributed by atoms with van der Waals surface area (Å²) in [6.07, 6.45) is 1.62. The molecule has 18 heavy (non-hydrogen) atoms. The Morgan fingerprint density at radius 1 is 1.33 bits per heavy atom. The molecule has 1 aliphatic carbocycles. The molecule has 5 heteroatoms. The van der Waals surface area contributed by atoms with Gasteiger partial charge in [-0.2, -0.15) is 8.78 Å². The van der Waals surface area contributed by atoms with Crippen LogP contribution in [0.1, 0.15) is 32.3 Å². The molecule has 0 aliphatic heterocycles. The van der Waals surface area contributed by atoms with E-state index in [1.165, 1.54) is 12.1 Å². The number of rotatable bonds is 4. The molecule has 0 atom stereocenters. The van der Waals surface area contributed by atoms with Crippen LogP contribution in [0.5, 0.6) is 5.75 Å². The first-order valence-electron chi connectivity index (χ1n) is 5.80. The van der Waals surface area contributed by atoms with Crippen LogP contribution in [-0.2, 0) is 5.41 Å². The maximum Gasteiger partial charge on any atom is 0.387 e. The van der Waals surface area contributed by atoms with Crippen LogP contribution in [0, 0.1) is 5.82 Å². The van der Waals surface area contributed by atoms with Crippen molar-refractivity contribution in [2.24, 2.45) is 5.73 Å². The molecule has 1 saturated carbocycles. The first-order chi connectivity index (χ1) is 8.26. The molecule has 0 saturated heterocycles. The first-order valence-corrected chi connectivity index (χ1v) is 5.80. The minimum atomic E-state index is -2.95. The number of halogens is 3. The van der Waals surface area contributed by atoms with Gasteiger partial charge in [0.2, 0.25) is 0 Å². The van der Waals surface area contributed by atoms with E-state index in [4.69, 9.17) is 5.73 Å². The fourth-order valence-corrected chi connectivity index (χ4v) is 2.45. The molecule has 100 valence electrons. The van der Waals surface area contributed by atoms with Crippen molar-refractivity contribution in [3.63, 3.8) is 0 Å². The summed E-state index contributed by atoms with van der Waals surface area (Å²) >= 11 is 0. The Balaban J connectivity index is 2.31. The van der Waals surface area contributed by atoms with E-state index in [9.17, 15) is 13.2 Å². The lowest BCUT2D eigenvalue weighted by Gasteiger charge is -2.31. The number of nitrogens with two attached hydrogens (primary N) is 1. The van der Waals surface area contributed by atoms with Crippen molar-refractivity contribution in [1.29, 1.82) is 0 Å². The van der Waals surface area contributed by atoms with Gasteiger partial charge in [-0.1, -0.05) is 6.07 Å². The molecule has 1 aromatic carbocycles. The monoisotopic (exact) mass is 259 g/mol. The second-order valence-corrected chi connectivity index (χ2v) is 5.32. The smallest absolute Gasteiger partial charge is 0.387 e. The van der Waals surface area contributed by atoms with Crippen LogP contribution in [0.25, 0.3) is 0 Å². The highest BCUT2D eigenvalue weighted by atomic mass is 19.3.